The molecule has 0 fully saturated rings. The third kappa shape index (κ3) is 5.65. The van der Waals surface area contributed by atoms with Crippen molar-refractivity contribution >= 4 is 11.4 Å². The van der Waals surface area contributed by atoms with Crippen molar-refractivity contribution in [3.8, 4) is 0 Å². The first kappa shape index (κ1) is 24.2. The lowest BCUT2D eigenvalue weighted by Gasteiger charge is -2.10. The summed E-state index contributed by atoms with van der Waals surface area (Å²) in [6, 6.07) is 17.5. The first-order chi connectivity index (χ1) is 15.6. The highest BCUT2D eigenvalue weighted by atomic mass is 15.2. The largest absolute Gasteiger partial charge is 0.493 e. The SMILES string of the molecule is CCCCCC1=C(c2cccc(C)c2)[N+](=[N-])C(c2ccc(CCCC)cc2)=C1CCCC. The van der Waals surface area contributed by atoms with Gasteiger partial charge in [-0.25, -0.2) is 4.70 Å². The molecule has 0 atom stereocenters. The highest BCUT2D eigenvalue weighted by molar-refractivity contribution is 5.82. The Balaban J connectivity index is 2.07. The third-order valence-corrected chi connectivity index (χ3v) is 6.51. The summed E-state index contributed by atoms with van der Waals surface area (Å²) in [7, 11) is 0. The molecule has 0 N–H and O–H groups in total. The number of nitrogens with zero attached hydrogens (tertiary/aromatic N) is 2. The Bertz CT molecular complexity index is 976. The summed E-state index contributed by atoms with van der Waals surface area (Å²) in [5.41, 5.74) is 21.1. The lowest BCUT2D eigenvalue weighted by Crippen LogP contribution is -2.03. The van der Waals surface area contributed by atoms with Gasteiger partial charge in [-0.2, -0.15) is 0 Å². The Morgan fingerprint density at radius 1 is 0.656 bits per heavy atom. The highest BCUT2D eigenvalue weighted by Crippen LogP contribution is 2.44. The van der Waals surface area contributed by atoms with Gasteiger partial charge in [0.25, 0.3) is 0 Å². The number of aryl methyl sites for hydroxylation is 2. The van der Waals surface area contributed by atoms with E-state index in [1.165, 1.54) is 52.7 Å². The Morgan fingerprint density at radius 3 is 1.88 bits per heavy atom. The molecule has 1 aliphatic rings. The van der Waals surface area contributed by atoms with E-state index in [0.29, 0.717) is 0 Å². The first-order valence-electron chi connectivity index (χ1n) is 12.7. The van der Waals surface area contributed by atoms with Crippen molar-refractivity contribution in [3.63, 3.8) is 0 Å². The summed E-state index contributed by atoms with van der Waals surface area (Å²) < 4.78 is 1.50. The van der Waals surface area contributed by atoms with Gasteiger partial charge in [0.05, 0.1) is 0 Å². The molecule has 2 aromatic carbocycles. The Morgan fingerprint density at radius 2 is 1.25 bits per heavy atom. The molecule has 0 radical (unpaired) electrons. The lowest BCUT2D eigenvalue weighted by atomic mass is 9.91. The zero-order valence-electron chi connectivity index (χ0n) is 20.6. The van der Waals surface area contributed by atoms with Gasteiger partial charge in [-0.3, -0.25) is 0 Å². The van der Waals surface area contributed by atoms with Gasteiger partial charge in [-0.15, -0.1) is 0 Å². The fourth-order valence-electron chi connectivity index (χ4n) is 4.69. The zero-order valence-corrected chi connectivity index (χ0v) is 20.6. The van der Waals surface area contributed by atoms with Crippen LogP contribution in [0.15, 0.2) is 59.7 Å². The lowest BCUT2D eigenvalue weighted by molar-refractivity contribution is -0.345. The molecule has 170 valence electrons. The molecule has 2 aromatic rings. The number of rotatable bonds is 12. The minimum atomic E-state index is 0.987. The Kier molecular flexibility index (Phi) is 9.02. The fourth-order valence-corrected chi connectivity index (χ4v) is 4.69. The molecule has 0 spiro atoms. The quantitative estimate of drug-likeness (QED) is 0.238. The summed E-state index contributed by atoms with van der Waals surface area (Å²) in [6.45, 7) is 8.86. The predicted octanol–water partition coefficient (Wildman–Crippen LogP) is 9.28. The first-order valence-corrected chi connectivity index (χ1v) is 12.7. The van der Waals surface area contributed by atoms with Gasteiger partial charge in [0.15, 0.2) is 0 Å². The second-order valence-electron chi connectivity index (χ2n) is 9.20. The van der Waals surface area contributed by atoms with Crippen LogP contribution in [-0.4, -0.2) is 4.70 Å². The average Bonchev–Trinajstić information content (AvgIpc) is 3.07. The number of hydrogen-bond donors (Lipinski definition) is 0. The van der Waals surface area contributed by atoms with Gasteiger partial charge < -0.3 is 5.53 Å². The number of unbranched alkanes of at least 4 members (excludes halogenated alkanes) is 4. The minimum absolute atomic E-state index is 0.987. The average molecular weight is 429 g/mol. The summed E-state index contributed by atoms with van der Waals surface area (Å²) in [6.07, 6.45) is 11.5. The molecule has 1 aliphatic heterocycles. The number of benzene rings is 2. The molecule has 0 unspecified atom stereocenters. The van der Waals surface area contributed by atoms with Gasteiger partial charge in [0.1, 0.15) is 0 Å². The van der Waals surface area contributed by atoms with Crippen molar-refractivity contribution < 1.29 is 4.70 Å². The molecule has 1 heterocycles. The molecule has 2 nitrogen and oxygen atoms in total. The van der Waals surface area contributed by atoms with Crippen LogP contribution in [0.5, 0.6) is 0 Å². The molecule has 0 amide bonds. The van der Waals surface area contributed by atoms with Crippen LogP contribution in [0, 0.1) is 6.92 Å². The van der Waals surface area contributed by atoms with Crippen molar-refractivity contribution in [1.82, 2.24) is 0 Å². The van der Waals surface area contributed by atoms with Gasteiger partial charge >= 0.3 is 0 Å². The van der Waals surface area contributed by atoms with E-state index in [0.717, 1.165) is 61.0 Å². The maximum atomic E-state index is 11.6. The molecular formula is C30H40N2. The number of hydrogen-bond acceptors (Lipinski definition) is 0. The highest BCUT2D eigenvalue weighted by Gasteiger charge is 2.35. The third-order valence-electron chi connectivity index (χ3n) is 6.51. The van der Waals surface area contributed by atoms with Gasteiger partial charge in [0, 0.05) is 22.3 Å². The van der Waals surface area contributed by atoms with Crippen LogP contribution >= 0.6 is 0 Å². The van der Waals surface area contributed by atoms with E-state index in [2.05, 4.69) is 76.2 Å². The molecule has 2 heteroatoms. The van der Waals surface area contributed by atoms with Crippen LogP contribution in [0.1, 0.15) is 101 Å². The topological polar surface area (TPSA) is 25.3 Å². The van der Waals surface area contributed by atoms with Crippen LogP contribution in [0.4, 0.5) is 0 Å². The van der Waals surface area contributed by atoms with Crippen molar-refractivity contribution in [2.75, 3.05) is 0 Å². The van der Waals surface area contributed by atoms with Crippen LogP contribution in [0.3, 0.4) is 0 Å². The maximum Gasteiger partial charge on any atom is 0.211 e. The summed E-state index contributed by atoms with van der Waals surface area (Å²) in [4.78, 5) is 0. The van der Waals surface area contributed by atoms with Crippen molar-refractivity contribution in [1.29, 1.82) is 0 Å². The molecular weight excluding hydrogens is 388 g/mol. The predicted molar refractivity (Wildman–Crippen MR) is 137 cm³/mol. The summed E-state index contributed by atoms with van der Waals surface area (Å²) in [5, 5.41) is 0. The maximum absolute atomic E-state index is 11.6. The van der Waals surface area contributed by atoms with Crippen molar-refractivity contribution in [3.05, 3.63) is 87.5 Å². The zero-order chi connectivity index (χ0) is 22.9. The monoisotopic (exact) mass is 428 g/mol. The molecule has 32 heavy (non-hydrogen) atoms. The van der Waals surface area contributed by atoms with Crippen LogP contribution in [-0.2, 0) is 6.42 Å². The van der Waals surface area contributed by atoms with Gasteiger partial charge in [-0.1, -0.05) is 76.3 Å². The molecule has 0 aliphatic carbocycles. The number of allylic oxidation sites excluding steroid dienone is 2. The van der Waals surface area contributed by atoms with Crippen molar-refractivity contribution in [2.45, 2.75) is 91.9 Å². The molecule has 3 rings (SSSR count). The van der Waals surface area contributed by atoms with E-state index in [-0.39, 0.29) is 0 Å². The molecule has 0 bridgehead atoms. The Labute approximate surface area is 195 Å². The van der Waals surface area contributed by atoms with Crippen LogP contribution in [0.2, 0.25) is 0 Å². The Hall–Kier alpha value is -2.48. The van der Waals surface area contributed by atoms with Gasteiger partial charge in [-0.05, 0) is 75.3 Å². The van der Waals surface area contributed by atoms with Gasteiger partial charge in [0.2, 0.25) is 11.4 Å². The van der Waals surface area contributed by atoms with E-state index < -0.39 is 0 Å². The van der Waals surface area contributed by atoms with Crippen LogP contribution in [0.25, 0.3) is 16.9 Å². The van der Waals surface area contributed by atoms with Crippen molar-refractivity contribution in [2.24, 2.45) is 0 Å². The molecule has 0 aromatic heterocycles. The molecule has 0 saturated heterocycles. The summed E-state index contributed by atoms with van der Waals surface area (Å²) >= 11 is 0. The fraction of sp³-hybridized carbons (Fsp3) is 0.467. The van der Waals surface area contributed by atoms with E-state index in [4.69, 9.17) is 0 Å². The second-order valence-corrected chi connectivity index (χ2v) is 9.20. The molecule has 0 saturated carbocycles. The minimum Gasteiger partial charge on any atom is -0.493 e. The van der Waals surface area contributed by atoms with E-state index >= 15 is 0 Å². The smallest absolute Gasteiger partial charge is 0.211 e. The van der Waals surface area contributed by atoms with E-state index in [1.54, 1.807) is 0 Å². The summed E-state index contributed by atoms with van der Waals surface area (Å²) in [5.74, 6) is 0. The van der Waals surface area contributed by atoms with Crippen LogP contribution < -0.4 is 0 Å². The normalized spacial score (nSPS) is 14.1. The second kappa shape index (κ2) is 11.9. The standard InChI is InChI=1S/C30H40N2/c1-5-8-11-17-28-27(16-10-7-3)29(25-20-18-24(19-21-25)14-9-6-2)32(31)30(28)26-15-12-13-23(4)22-26/h12-13,15,18-22H,5-11,14,16-17H2,1-4H3. The van der Waals surface area contributed by atoms with E-state index in [9.17, 15) is 5.53 Å². The van der Waals surface area contributed by atoms with E-state index in [1.807, 2.05) is 0 Å².